The van der Waals surface area contributed by atoms with Gasteiger partial charge in [-0.05, 0) is 25.1 Å². The second-order valence-corrected chi connectivity index (χ2v) is 8.18. The van der Waals surface area contributed by atoms with E-state index in [9.17, 15) is 0 Å². The maximum atomic E-state index is 2.62. The van der Waals surface area contributed by atoms with E-state index in [1.807, 2.05) is 0 Å². The zero-order chi connectivity index (χ0) is 19.6. The SMILES string of the molecule is CCCCCCCCCCCCCCCC(c1ccccc1)N(CC)CC. The van der Waals surface area contributed by atoms with Gasteiger partial charge < -0.3 is 0 Å². The quantitative estimate of drug-likeness (QED) is 0.233. The van der Waals surface area contributed by atoms with E-state index < -0.39 is 0 Å². The second kappa shape index (κ2) is 17.3. The van der Waals surface area contributed by atoms with Gasteiger partial charge in [0.05, 0.1) is 0 Å². The van der Waals surface area contributed by atoms with E-state index in [1.54, 1.807) is 0 Å². The number of rotatable bonds is 18. The Morgan fingerprint density at radius 1 is 0.593 bits per heavy atom. The van der Waals surface area contributed by atoms with Crippen LogP contribution in [0.1, 0.15) is 122 Å². The van der Waals surface area contributed by atoms with Crippen molar-refractivity contribution in [2.45, 2.75) is 117 Å². The van der Waals surface area contributed by atoms with E-state index in [-0.39, 0.29) is 0 Å². The van der Waals surface area contributed by atoms with Crippen LogP contribution in [0, 0.1) is 0 Å². The lowest BCUT2D eigenvalue weighted by Gasteiger charge is -2.30. The van der Waals surface area contributed by atoms with Crippen LogP contribution in [0.25, 0.3) is 0 Å². The molecule has 0 spiro atoms. The predicted molar refractivity (Wildman–Crippen MR) is 122 cm³/mol. The maximum absolute atomic E-state index is 2.62. The average Bonchev–Trinajstić information content (AvgIpc) is 2.71. The minimum absolute atomic E-state index is 0.605. The van der Waals surface area contributed by atoms with Crippen LogP contribution >= 0.6 is 0 Å². The van der Waals surface area contributed by atoms with Gasteiger partial charge in [-0.1, -0.05) is 135 Å². The molecule has 1 atom stereocenters. The van der Waals surface area contributed by atoms with Gasteiger partial charge in [0, 0.05) is 6.04 Å². The molecule has 0 saturated carbocycles. The fourth-order valence-corrected chi connectivity index (χ4v) is 4.26. The van der Waals surface area contributed by atoms with Gasteiger partial charge in [0.15, 0.2) is 0 Å². The predicted octanol–water partition coefficient (Wildman–Crippen LogP) is 8.55. The number of nitrogens with zero attached hydrogens (tertiary/aromatic N) is 1. The number of unbranched alkanes of at least 4 members (excludes halogenated alkanes) is 12. The molecule has 27 heavy (non-hydrogen) atoms. The summed E-state index contributed by atoms with van der Waals surface area (Å²) in [6.07, 6.45) is 20.0. The topological polar surface area (TPSA) is 3.24 Å². The zero-order valence-electron chi connectivity index (χ0n) is 18.7. The van der Waals surface area contributed by atoms with Crippen molar-refractivity contribution in [3.8, 4) is 0 Å². The summed E-state index contributed by atoms with van der Waals surface area (Å²) in [5.41, 5.74) is 1.50. The lowest BCUT2D eigenvalue weighted by atomic mass is 9.98. The molecule has 0 heterocycles. The molecule has 0 radical (unpaired) electrons. The van der Waals surface area contributed by atoms with Crippen LogP contribution in [0.15, 0.2) is 30.3 Å². The smallest absolute Gasteiger partial charge is 0.0347 e. The third-order valence-corrected chi connectivity index (χ3v) is 6.02. The fourth-order valence-electron chi connectivity index (χ4n) is 4.26. The molecule has 0 saturated heterocycles. The number of hydrogen-bond acceptors (Lipinski definition) is 1. The molecule has 1 unspecified atom stereocenters. The third kappa shape index (κ3) is 11.6. The number of benzene rings is 1. The Labute approximate surface area is 170 Å². The van der Waals surface area contributed by atoms with Crippen molar-refractivity contribution in [3.05, 3.63) is 35.9 Å². The molecule has 1 nitrogen and oxygen atoms in total. The molecule has 0 N–H and O–H groups in total. The zero-order valence-corrected chi connectivity index (χ0v) is 18.7. The van der Waals surface area contributed by atoms with Gasteiger partial charge in [-0.25, -0.2) is 0 Å². The van der Waals surface area contributed by atoms with Crippen LogP contribution in [0.2, 0.25) is 0 Å². The van der Waals surface area contributed by atoms with Crippen molar-refractivity contribution in [2.24, 2.45) is 0 Å². The van der Waals surface area contributed by atoms with E-state index in [1.165, 1.54) is 95.5 Å². The summed E-state index contributed by atoms with van der Waals surface area (Å²) in [7, 11) is 0. The van der Waals surface area contributed by atoms with Gasteiger partial charge in [0.1, 0.15) is 0 Å². The van der Waals surface area contributed by atoms with Crippen LogP contribution in [0.5, 0.6) is 0 Å². The van der Waals surface area contributed by atoms with Crippen molar-refractivity contribution in [1.82, 2.24) is 4.90 Å². The molecular weight excluding hydrogens is 326 g/mol. The summed E-state index contributed by atoms with van der Waals surface area (Å²) in [6.45, 7) is 9.18. The molecule has 0 aliphatic carbocycles. The molecule has 0 aromatic heterocycles. The normalized spacial score (nSPS) is 12.6. The minimum atomic E-state index is 0.605. The molecule has 1 aromatic rings. The highest BCUT2D eigenvalue weighted by Gasteiger charge is 2.16. The average molecular weight is 374 g/mol. The molecule has 0 bridgehead atoms. The van der Waals surface area contributed by atoms with Crippen LogP contribution in [-0.2, 0) is 0 Å². The van der Waals surface area contributed by atoms with E-state index in [4.69, 9.17) is 0 Å². The first-order valence-electron chi connectivity index (χ1n) is 12.1. The molecule has 0 amide bonds. The largest absolute Gasteiger partial charge is 0.297 e. The summed E-state index contributed by atoms with van der Waals surface area (Å²) in [5, 5.41) is 0. The molecule has 1 rings (SSSR count). The van der Waals surface area contributed by atoms with Crippen LogP contribution in [0.4, 0.5) is 0 Å². The third-order valence-electron chi connectivity index (χ3n) is 6.02. The summed E-state index contributed by atoms with van der Waals surface area (Å²) in [4.78, 5) is 2.62. The van der Waals surface area contributed by atoms with Gasteiger partial charge >= 0.3 is 0 Å². The lowest BCUT2D eigenvalue weighted by Crippen LogP contribution is -2.28. The van der Waals surface area contributed by atoms with Gasteiger partial charge in [-0.3, -0.25) is 4.90 Å². The van der Waals surface area contributed by atoms with Crippen molar-refractivity contribution in [1.29, 1.82) is 0 Å². The molecule has 0 aliphatic rings. The molecule has 0 fully saturated rings. The van der Waals surface area contributed by atoms with Gasteiger partial charge in [0.25, 0.3) is 0 Å². The standard InChI is InChI=1S/C26H47N/c1-4-7-8-9-10-11-12-13-14-15-16-17-21-24-26(27(5-2)6-3)25-22-19-18-20-23-25/h18-20,22-23,26H,4-17,21,24H2,1-3H3. The van der Waals surface area contributed by atoms with E-state index >= 15 is 0 Å². The molecule has 1 heteroatoms. The minimum Gasteiger partial charge on any atom is -0.297 e. The first-order valence-corrected chi connectivity index (χ1v) is 12.1. The molecule has 1 aromatic carbocycles. The summed E-state index contributed by atoms with van der Waals surface area (Å²) < 4.78 is 0. The van der Waals surface area contributed by atoms with Crippen molar-refractivity contribution in [2.75, 3.05) is 13.1 Å². The Balaban J connectivity index is 2.08. The van der Waals surface area contributed by atoms with Gasteiger partial charge in [-0.15, -0.1) is 0 Å². The second-order valence-electron chi connectivity index (χ2n) is 8.18. The fraction of sp³-hybridized carbons (Fsp3) is 0.769. The first-order chi connectivity index (χ1) is 13.3. The first kappa shape index (κ1) is 24.2. The van der Waals surface area contributed by atoms with E-state index in [2.05, 4.69) is 56.0 Å². The highest BCUT2D eigenvalue weighted by molar-refractivity contribution is 5.19. The Bertz CT molecular complexity index is 409. The molecule has 0 aliphatic heterocycles. The highest BCUT2D eigenvalue weighted by Crippen LogP contribution is 2.26. The Hall–Kier alpha value is -0.820. The number of hydrogen-bond donors (Lipinski definition) is 0. The van der Waals surface area contributed by atoms with Crippen LogP contribution in [-0.4, -0.2) is 18.0 Å². The van der Waals surface area contributed by atoms with Crippen molar-refractivity contribution < 1.29 is 0 Å². The Morgan fingerprint density at radius 2 is 1.04 bits per heavy atom. The van der Waals surface area contributed by atoms with E-state index in [0.717, 1.165) is 13.1 Å². The Morgan fingerprint density at radius 3 is 1.48 bits per heavy atom. The van der Waals surface area contributed by atoms with Crippen LogP contribution in [0.3, 0.4) is 0 Å². The van der Waals surface area contributed by atoms with Crippen molar-refractivity contribution >= 4 is 0 Å². The highest BCUT2D eigenvalue weighted by atomic mass is 15.1. The monoisotopic (exact) mass is 373 g/mol. The maximum Gasteiger partial charge on any atom is 0.0347 e. The molecule has 156 valence electrons. The summed E-state index contributed by atoms with van der Waals surface area (Å²) >= 11 is 0. The summed E-state index contributed by atoms with van der Waals surface area (Å²) in [6, 6.07) is 11.7. The Kier molecular flexibility index (Phi) is 15.5. The molecular formula is C26H47N. The van der Waals surface area contributed by atoms with Crippen LogP contribution < -0.4 is 0 Å². The van der Waals surface area contributed by atoms with E-state index in [0.29, 0.717) is 6.04 Å². The van der Waals surface area contributed by atoms with Crippen molar-refractivity contribution in [3.63, 3.8) is 0 Å². The van der Waals surface area contributed by atoms with Gasteiger partial charge in [0.2, 0.25) is 0 Å². The summed E-state index contributed by atoms with van der Waals surface area (Å²) in [5.74, 6) is 0. The lowest BCUT2D eigenvalue weighted by molar-refractivity contribution is 0.204. The van der Waals surface area contributed by atoms with Gasteiger partial charge in [-0.2, -0.15) is 0 Å².